The Hall–Kier alpha value is -2.16. The fourth-order valence-electron chi connectivity index (χ4n) is 3.00. The summed E-state index contributed by atoms with van der Waals surface area (Å²) >= 11 is 0. The van der Waals surface area contributed by atoms with E-state index in [1.165, 1.54) is 24.6 Å². The van der Waals surface area contributed by atoms with Crippen LogP contribution >= 0.6 is 0 Å². The first-order chi connectivity index (χ1) is 12.5. The average molecular weight is 377 g/mol. The van der Waals surface area contributed by atoms with Crippen molar-refractivity contribution in [3.05, 3.63) is 48.3 Å². The number of pyridine rings is 1. The molecule has 0 aliphatic carbocycles. The molecule has 0 amide bonds. The van der Waals surface area contributed by atoms with Crippen molar-refractivity contribution in [3.63, 3.8) is 0 Å². The van der Waals surface area contributed by atoms with E-state index in [-0.39, 0.29) is 4.90 Å². The molecule has 1 saturated heterocycles. The lowest BCUT2D eigenvalue weighted by Gasteiger charge is -2.34. The van der Waals surface area contributed by atoms with E-state index in [1.54, 1.807) is 18.3 Å². The fraction of sp³-hybridized carbons (Fsp3) is 0.389. The van der Waals surface area contributed by atoms with Crippen molar-refractivity contribution >= 4 is 10.0 Å². The molecule has 8 heteroatoms. The summed E-state index contributed by atoms with van der Waals surface area (Å²) in [4.78, 5) is 6.57. The van der Waals surface area contributed by atoms with Crippen molar-refractivity contribution in [1.29, 1.82) is 0 Å². The molecule has 3 rings (SSSR count). The highest BCUT2D eigenvalue weighted by Gasteiger charge is 2.29. The summed E-state index contributed by atoms with van der Waals surface area (Å²) in [5, 5.41) is 0. The van der Waals surface area contributed by atoms with E-state index in [2.05, 4.69) is 9.88 Å². The lowest BCUT2D eigenvalue weighted by Crippen LogP contribution is -2.48. The van der Waals surface area contributed by atoms with Gasteiger partial charge in [0.2, 0.25) is 10.0 Å². The van der Waals surface area contributed by atoms with E-state index in [1.807, 2.05) is 18.3 Å². The highest BCUT2D eigenvalue weighted by Crippen LogP contribution is 2.30. The minimum Gasteiger partial charge on any atom is -0.493 e. The zero-order valence-electron chi connectivity index (χ0n) is 15.0. The number of ether oxygens (including phenoxy) is 2. The molecule has 0 unspecified atom stereocenters. The molecule has 0 radical (unpaired) electrons. The van der Waals surface area contributed by atoms with E-state index < -0.39 is 10.0 Å². The predicted molar refractivity (Wildman–Crippen MR) is 97.8 cm³/mol. The molecule has 26 heavy (non-hydrogen) atoms. The topological polar surface area (TPSA) is 72.0 Å². The van der Waals surface area contributed by atoms with Crippen LogP contribution in [-0.4, -0.2) is 63.0 Å². The maximum absolute atomic E-state index is 12.9. The van der Waals surface area contributed by atoms with Crippen LogP contribution in [0.15, 0.2) is 47.6 Å². The van der Waals surface area contributed by atoms with Crippen molar-refractivity contribution in [2.24, 2.45) is 0 Å². The van der Waals surface area contributed by atoms with Crippen molar-refractivity contribution in [2.75, 3.05) is 40.4 Å². The van der Waals surface area contributed by atoms with Gasteiger partial charge in [-0.05, 0) is 23.8 Å². The molecule has 0 spiro atoms. The number of hydrogen-bond donors (Lipinski definition) is 0. The monoisotopic (exact) mass is 377 g/mol. The molecule has 7 nitrogen and oxygen atoms in total. The van der Waals surface area contributed by atoms with Gasteiger partial charge in [-0.1, -0.05) is 6.07 Å². The van der Waals surface area contributed by atoms with Gasteiger partial charge >= 0.3 is 0 Å². The zero-order valence-corrected chi connectivity index (χ0v) is 15.8. The molecule has 0 bridgehead atoms. The van der Waals surface area contributed by atoms with Crippen molar-refractivity contribution in [1.82, 2.24) is 14.2 Å². The third kappa shape index (κ3) is 3.98. The number of rotatable bonds is 6. The second-order valence-corrected chi connectivity index (χ2v) is 8.00. The Morgan fingerprint density at radius 1 is 1.04 bits per heavy atom. The summed E-state index contributed by atoms with van der Waals surface area (Å²) in [7, 11) is -0.544. The van der Waals surface area contributed by atoms with Gasteiger partial charge in [-0.15, -0.1) is 0 Å². The Morgan fingerprint density at radius 3 is 2.38 bits per heavy atom. The van der Waals surface area contributed by atoms with Gasteiger partial charge in [0.15, 0.2) is 11.5 Å². The third-order valence-corrected chi connectivity index (χ3v) is 6.35. The summed E-state index contributed by atoms with van der Waals surface area (Å²) in [6, 6.07) is 8.62. The van der Waals surface area contributed by atoms with Gasteiger partial charge in [0, 0.05) is 51.2 Å². The predicted octanol–water partition coefficient (Wildman–Crippen LogP) is 1.61. The first kappa shape index (κ1) is 18.6. The summed E-state index contributed by atoms with van der Waals surface area (Å²) in [5.74, 6) is 0.913. The molecule has 0 saturated carbocycles. The van der Waals surface area contributed by atoms with Crippen LogP contribution in [-0.2, 0) is 16.6 Å². The smallest absolute Gasteiger partial charge is 0.243 e. The zero-order chi connectivity index (χ0) is 18.6. The SMILES string of the molecule is COc1ccc(S(=O)(=O)N2CCN(Cc3cccnc3)CC2)cc1OC. The van der Waals surface area contributed by atoms with Crippen LogP contribution < -0.4 is 9.47 Å². The molecule has 2 heterocycles. The molecule has 0 atom stereocenters. The molecular weight excluding hydrogens is 354 g/mol. The third-order valence-electron chi connectivity index (χ3n) is 4.45. The second-order valence-electron chi connectivity index (χ2n) is 6.06. The number of hydrogen-bond acceptors (Lipinski definition) is 6. The highest BCUT2D eigenvalue weighted by atomic mass is 32.2. The Balaban J connectivity index is 1.68. The first-order valence-electron chi connectivity index (χ1n) is 8.38. The standard InChI is InChI=1S/C18H23N3O4S/c1-24-17-6-5-16(12-18(17)25-2)26(22,23)21-10-8-20(9-11-21)14-15-4-3-7-19-13-15/h3-7,12-13H,8-11,14H2,1-2H3. The molecule has 140 valence electrons. The van der Waals surface area contributed by atoms with Crippen LogP contribution in [0.25, 0.3) is 0 Å². The number of benzene rings is 1. The number of piperazine rings is 1. The average Bonchev–Trinajstić information content (AvgIpc) is 2.68. The summed E-state index contributed by atoms with van der Waals surface area (Å²) in [6.07, 6.45) is 3.59. The molecule has 2 aromatic rings. The first-order valence-corrected chi connectivity index (χ1v) is 9.82. The fourth-order valence-corrected chi connectivity index (χ4v) is 4.44. The highest BCUT2D eigenvalue weighted by molar-refractivity contribution is 7.89. The molecule has 1 aromatic carbocycles. The number of sulfonamides is 1. The lowest BCUT2D eigenvalue weighted by atomic mass is 10.2. The van der Waals surface area contributed by atoms with Crippen molar-refractivity contribution in [3.8, 4) is 11.5 Å². The van der Waals surface area contributed by atoms with E-state index in [4.69, 9.17) is 9.47 Å². The summed E-state index contributed by atoms with van der Waals surface area (Å²) in [5.41, 5.74) is 1.13. The number of nitrogens with zero attached hydrogens (tertiary/aromatic N) is 3. The van der Waals surface area contributed by atoms with Crippen LogP contribution in [0.4, 0.5) is 0 Å². The number of methoxy groups -OCH3 is 2. The quantitative estimate of drug-likeness (QED) is 0.762. The van der Waals surface area contributed by atoms with Gasteiger partial charge in [0.25, 0.3) is 0 Å². The van der Waals surface area contributed by atoms with Crippen LogP contribution in [0, 0.1) is 0 Å². The Bertz CT molecular complexity index is 835. The maximum Gasteiger partial charge on any atom is 0.243 e. The minimum absolute atomic E-state index is 0.218. The molecule has 1 aromatic heterocycles. The van der Waals surface area contributed by atoms with Crippen LogP contribution in [0.1, 0.15) is 5.56 Å². The Labute approximate surface area is 154 Å². The van der Waals surface area contributed by atoms with Crippen LogP contribution in [0.5, 0.6) is 11.5 Å². The van der Waals surface area contributed by atoms with Gasteiger partial charge in [-0.2, -0.15) is 4.31 Å². The molecule has 1 aliphatic heterocycles. The maximum atomic E-state index is 12.9. The largest absolute Gasteiger partial charge is 0.493 e. The van der Waals surface area contributed by atoms with Gasteiger partial charge in [0.05, 0.1) is 19.1 Å². The van der Waals surface area contributed by atoms with Gasteiger partial charge in [0.1, 0.15) is 0 Å². The van der Waals surface area contributed by atoms with E-state index in [0.29, 0.717) is 37.7 Å². The van der Waals surface area contributed by atoms with Crippen LogP contribution in [0.3, 0.4) is 0 Å². The number of aromatic nitrogens is 1. The van der Waals surface area contributed by atoms with Crippen LogP contribution in [0.2, 0.25) is 0 Å². The van der Waals surface area contributed by atoms with Crippen molar-refractivity contribution < 1.29 is 17.9 Å². The van der Waals surface area contributed by atoms with E-state index in [0.717, 1.165) is 12.1 Å². The van der Waals surface area contributed by atoms with E-state index >= 15 is 0 Å². The lowest BCUT2D eigenvalue weighted by molar-refractivity contribution is 0.181. The van der Waals surface area contributed by atoms with Gasteiger partial charge < -0.3 is 9.47 Å². The minimum atomic E-state index is -3.56. The Morgan fingerprint density at radius 2 is 1.77 bits per heavy atom. The van der Waals surface area contributed by atoms with Crippen molar-refractivity contribution in [2.45, 2.75) is 11.4 Å². The van der Waals surface area contributed by atoms with Gasteiger partial charge in [-0.25, -0.2) is 8.42 Å². The summed E-state index contributed by atoms with van der Waals surface area (Å²) < 4.78 is 37.8. The molecule has 1 aliphatic rings. The second kappa shape index (κ2) is 8.03. The van der Waals surface area contributed by atoms with Gasteiger partial charge in [-0.3, -0.25) is 9.88 Å². The summed E-state index contributed by atoms with van der Waals surface area (Å²) in [6.45, 7) is 3.05. The molecular formula is C18H23N3O4S. The Kier molecular flexibility index (Phi) is 5.75. The molecule has 1 fully saturated rings. The normalized spacial score (nSPS) is 16.4. The van der Waals surface area contributed by atoms with E-state index in [9.17, 15) is 8.42 Å². The molecule has 0 N–H and O–H groups in total.